The number of carbonyl (C=O) groups is 1. The minimum Gasteiger partial charge on any atom is -0.493 e. The molecule has 4 rings (SSSR count). The van der Waals surface area contributed by atoms with Gasteiger partial charge in [0.05, 0.1) is 12.1 Å². The summed E-state index contributed by atoms with van der Waals surface area (Å²) in [6.07, 6.45) is 4.90. The Bertz CT molecular complexity index is 819. The number of hydrogen-bond donors (Lipinski definition) is 1. The molecule has 0 atom stereocenters. The van der Waals surface area contributed by atoms with Gasteiger partial charge in [0, 0.05) is 12.5 Å². The Morgan fingerprint density at radius 3 is 2.69 bits per heavy atom. The lowest BCUT2D eigenvalue weighted by molar-refractivity contribution is 0.0907. The number of carbonyl (C=O) groups excluding carboxylic acids is 1. The maximum atomic E-state index is 12.8. The molecule has 0 unspecified atom stereocenters. The first kappa shape index (κ1) is 17.1. The van der Waals surface area contributed by atoms with Crippen LogP contribution in [-0.4, -0.2) is 22.7 Å². The van der Waals surface area contributed by atoms with Crippen LogP contribution in [0.25, 0.3) is 0 Å². The van der Waals surface area contributed by atoms with E-state index < -0.39 is 5.54 Å². The molecule has 1 aromatic heterocycles. The smallest absolute Gasteiger partial charge is 0.252 e. The summed E-state index contributed by atoms with van der Waals surface area (Å²) in [6.45, 7) is 6.20. The molecule has 26 heavy (non-hydrogen) atoms. The maximum Gasteiger partial charge on any atom is 0.252 e. The Kier molecular flexibility index (Phi) is 4.21. The second-order valence-corrected chi connectivity index (χ2v) is 8.00. The van der Waals surface area contributed by atoms with Crippen LogP contribution in [-0.2, 0) is 5.54 Å². The van der Waals surface area contributed by atoms with Gasteiger partial charge in [-0.3, -0.25) is 4.79 Å². The molecule has 1 N–H and O–H groups in total. The van der Waals surface area contributed by atoms with Gasteiger partial charge in [0.1, 0.15) is 5.75 Å². The fourth-order valence-corrected chi connectivity index (χ4v) is 2.99. The van der Waals surface area contributed by atoms with E-state index in [1.807, 2.05) is 32.0 Å². The van der Waals surface area contributed by atoms with E-state index in [1.54, 1.807) is 6.92 Å². The van der Waals surface area contributed by atoms with Crippen LogP contribution in [0.5, 0.6) is 5.75 Å². The van der Waals surface area contributed by atoms with E-state index in [4.69, 9.17) is 9.26 Å². The van der Waals surface area contributed by atoms with Crippen LogP contribution >= 0.6 is 0 Å². The molecule has 0 saturated heterocycles. The van der Waals surface area contributed by atoms with E-state index in [2.05, 4.69) is 15.5 Å². The normalized spacial score (nSPS) is 17.2. The number of nitrogens with one attached hydrogen (secondary N) is 1. The van der Waals surface area contributed by atoms with Crippen LogP contribution in [0.15, 0.2) is 22.7 Å². The lowest BCUT2D eigenvalue weighted by Gasteiger charge is -2.22. The summed E-state index contributed by atoms with van der Waals surface area (Å²) >= 11 is 0. The lowest BCUT2D eigenvalue weighted by atomic mass is 10.0. The van der Waals surface area contributed by atoms with Crippen molar-refractivity contribution in [2.45, 2.75) is 57.9 Å². The zero-order valence-corrected chi connectivity index (χ0v) is 15.5. The topological polar surface area (TPSA) is 77.2 Å². The molecule has 6 heteroatoms. The Morgan fingerprint density at radius 1 is 1.31 bits per heavy atom. The van der Waals surface area contributed by atoms with Gasteiger partial charge in [-0.1, -0.05) is 11.2 Å². The molecule has 0 radical (unpaired) electrons. The van der Waals surface area contributed by atoms with Crippen molar-refractivity contribution in [2.75, 3.05) is 6.61 Å². The predicted octanol–water partition coefficient (Wildman–Crippen LogP) is 3.71. The van der Waals surface area contributed by atoms with Gasteiger partial charge in [-0.25, -0.2) is 0 Å². The second kappa shape index (κ2) is 6.41. The summed E-state index contributed by atoms with van der Waals surface area (Å²) in [4.78, 5) is 17.0. The predicted molar refractivity (Wildman–Crippen MR) is 96.2 cm³/mol. The van der Waals surface area contributed by atoms with Crippen molar-refractivity contribution < 1.29 is 14.1 Å². The third-order valence-electron chi connectivity index (χ3n) is 4.98. The first-order valence-electron chi connectivity index (χ1n) is 9.32. The Labute approximate surface area is 153 Å². The van der Waals surface area contributed by atoms with Crippen LogP contribution in [0.4, 0.5) is 0 Å². The largest absolute Gasteiger partial charge is 0.493 e. The molecule has 0 aliphatic heterocycles. The monoisotopic (exact) mass is 355 g/mol. The van der Waals surface area contributed by atoms with Crippen LogP contribution in [0.2, 0.25) is 0 Å². The highest BCUT2D eigenvalue weighted by Gasteiger charge is 2.31. The average molecular weight is 355 g/mol. The quantitative estimate of drug-likeness (QED) is 0.819. The lowest BCUT2D eigenvalue weighted by Crippen LogP contribution is -2.41. The molecule has 1 aromatic carbocycles. The molecule has 1 heterocycles. The third-order valence-corrected chi connectivity index (χ3v) is 4.98. The number of aromatic nitrogens is 2. The van der Waals surface area contributed by atoms with Crippen molar-refractivity contribution in [1.29, 1.82) is 0 Å². The van der Waals surface area contributed by atoms with Gasteiger partial charge in [-0.2, -0.15) is 4.98 Å². The van der Waals surface area contributed by atoms with Crippen molar-refractivity contribution in [3.63, 3.8) is 0 Å². The highest BCUT2D eigenvalue weighted by molar-refractivity contribution is 5.95. The minimum absolute atomic E-state index is 0.170. The van der Waals surface area contributed by atoms with Gasteiger partial charge in [-0.15, -0.1) is 0 Å². The van der Waals surface area contributed by atoms with E-state index in [1.165, 1.54) is 31.2 Å². The van der Waals surface area contributed by atoms with Gasteiger partial charge in [0.15, 0.2) is 5.82 Å². The number of ether oxygens (including phenoxy) is 1. The molecule has 2 aromatic rings. The minimum atomic E-state index is -0.723. The molecule has 6 nitrogen and oxygen atoms in total. The fraction of sp³-hybridized carbons (Fsp3) is 0.550. The SMILES string of the molecule is Cc1nc(C(C)(C)NC(=O)c2ccc(C3CC3)c(OCC3CC3)c2)no1. The van der Waals surface area contributed by atoms with Gasteiger partial charge >= 0.3 is 0 Å². The molecular weight excluding hydrogens is 330 g/mol. The number of amides is 1. The standard InChI is InChI=1S/C20H25N3O3/c1-12-21-19(23-26-12)20(2,3)22-18(24)15-8-9-16(14-6-7-14)17(10-15)25-11-13-4-5-13/h8-10,13-14H,4-7,11H2,1-3H3,(H,22,24). The Balaban J connectivity index is 1.52. The fourth-order valence-electron chi connectivity index (χ4n) is 2.99. The Morgan fingerprint density at radius 2 is 2.08 bits per heavy atom. The molecule has 2 fully saturated rings. The van der Waals surface area contributed by atoms with Crippen LogP contribution in [0, 0.1) is 12.8 Å². The van der Waals surface area contributed by atoms with Gasteiger partial charge in [0.2, 0.25) is 5.89 Å². The second-order valence-electron chi connectivity index (χ2n) is 8.00. The Hall–Kier alpha value is -2.37. The maximum absolute atomic E-state index is 12.8. The zero-order valence-electron chi connectivity index (χ0n) is 15.5. The van der Waals surface area contributed by atoms with E-state index >= 15 is 0 Å². The molecule has 0 bridgehead atoms. The van der Waals surface area contributed by atoms with E-state index in [0.29, 0.717) is 29.1 Å². The molecule has 2 aliphatic carbocycles. The van der Waals surface area contributed by atoms with E-state index in [0.717, 1.165) is 12.4 Å². The molecule has 1 amide bonds. The number of nitrogens with zero attached hydrogens (tertiary/aromatic N) is 2. The van der Waals surface area contributed by atoms with Crippen LogP contribution in [0.1, 0.15) is 73.1 Å². The number of rotatable bonds is 7. The van der Waals surface area contributed by atoms with Crippen molar-refractivity contribution in [2.24, 2.45) is 5.92 Å². The summed E-state index contributed by atoms with van der Waals surface area (Å²) in [5.41, 5.74) is 1.10. The summed E-state index contributed by atoms with van der Waals surface area (Å²) in [5.74, 6) is 2.89. The first-order chi connectivity index (χ1) is 12.4. The number of aryl methyl sites for hydroxylation is 1. The van der Waals surface area contributed by atoms with Crippen molar-refractivity contribution in [1.82, 2.24) is 15.5 Å². The molecular formula is C20H25N3O3. The summed E-state index contributed by atoms with van der Waals surface area (Å²) in [6, 6.07) is 5.80. The highest BCUT2D eigenvalue weighted by Crippen LogP contribution is 2.45. The van der Waals surface area contributed by atoms with Crippen LogP contribution in [0.3, 0.4) is 0 Å². The zero-order chi connectivity index (χ0) is 18.3. The van der Waals surface area contributed by atoms with Gasteiger partial charge in [0.25, 0.3) is 5.91 Å². The molecule has 2 aliphatic rings. The van der Waals surface area contributed by atoms with Gasteiger partial charge < -0.3 is 14.6 Å². The van der Waals surface area contributed by atoms with Gasteiger partial charge in [-0.05, 0) is 69.1 Å². The van der Waals surface area contributed by atoms with E-state index in [-0.39, 0.29) is 5.91 Å². The van der Waals surface area contributed by atoms with Crippen molar-refractivity contribution in [3.8, 4) is 5.75 Å². The molecule has 2 saturated carbocycles. The third kappa shape index (κ3) is 3.74. The number of hydrogen-bond acceptors (Lipinski definition) is 5. The van der Waals surface area contributed by atoms with Crippen LogP contribution < -0.4 is 10.1 Å². The summed E-state index contributed by atoms with van der Waals surface area (Å²) < 4.78 is 11.1. The molecule has 138 valence electrons. The number of benzene rings is 1. The van der Waals surface area contributed by atoms with Crippen molar-refractivity contribution >= 4 is 5.91 Å². The first-order valence-corrected chi connectivity index (χ1v) is 9.32. The summed E-state index contributed by atoms with van der Waals surface area (Å²) in [7, 11) is 0. The highest BCUT2D eigenvalue weighted by atomic mass is 16.5. The summed E-state index contributed by atoms with van der Waals surface area (Å²) in [5, 5.41) is 6.92. The van der Waals surface area contributed by atoms with E-state index in [9.17, 15) is 4.79 Å². The average Bonchev–Trinajstić information content (AvgIpc) is 3.51. The van der Waals surface area contributed by atoms with Crippen molar-refractivity contribution in [3.05, 3.63) is 41.0 Å². The molecule has 0 spiro atoms.